The molecule has 1 aromatic rings. The van der Waals surface area contributed by atoms with Crippen LogP contribution in [0.2, 0.25) is 0 Å². The summed E-state index contributed by atoms with van der Waals surface area (Å²) >= 11 is 0. The Hall–Kier alpha value is -3.40. The molecule has 3 aliphatic heterocycles. The maximum Gasteiger partial charge on any atom is 0.355 e. The first-order valence-corrected chi connectivity index (χ1v) is 9.47. The van der Waals surface area contributed by atoms with Gasteiger partial charge in [0.25, 0.3) is 5.91 Å². The van der Waals surface area contributed by atoms with Crippen LogP contribution < -0.4 is 9.80 Å². The molecule has 3 heterocycles. The molecule has 3 amide bonds. The summed E-state index contributed by atoms with van der Waals surface area (Å²) in [6, 6.07) is 5.82. The van der Waals surface area contributed by atoms with Crippen molar-refractivity contribution in [2.75, 3.05) is 43.9 Å². The number of anilines is 2. The topological polar surface area (TPSA) is 106 Å². The van der Waals surface area contributed by atoms with Gasteiger partial charge < -0.3 is 24.0 Å². The average molecular weight is 415 g/mol. The molecule has 0 aromatic heterocycles. The molecule has 158 valence electrons. The third-order valence-corrected chi connectivity index (χ3v) is 5.43. The number of carbonyl (C=O) groups excluding carboxylic acids is 4. The van der Waals surface area contributed by atoms with Gasteiger partial charge in [0.1, 0.15) is 18.5 Å². The van der Waals surface area contributed by atoms with E-state index in [1.807, 2.05) is 0 Å². The Bertz CT molecular complexity index is 935. The summed E-state index contributed by atoms with van der Waals surface area (Å²) in [5.74, 6) is -1.69. The van der Waals surface area contributed by atoms with E-state index in [4.69, 9.17) is 14.2 Å². The number of fused-ring (bicyclic) bond motifs is 1. The van der Waals surface area contributed by atoms with Gasteiger partial charge in [0.15, 0.2) is 0 Å². The molecule has 10 nitrogen and oxygen atoms in total. The number of hydrogen-bond acceptors (Lipinski definition) is 8. The third kappa shape index (κ3) is 3.09. The second-order valence-electron chi connectivity index (χ2n) is 7.04. The summed E-state index contributed by atoms with van der Waals surface area (Å²) in [6.07, 6.45) is 1.46. The largest absolute Gasteiger partial charge is 0.466 e. The summed E-state index contributed by atoms with van der Waals surface area (Å²) in [6.45, 7) is 0.432. The van der Waals surface area contributed by atoms with Crippen LogP contribution in [0.5, 0.6) is 0 Å². The van der Waals surface area contributed by atoms with E-state index in [9.17, 15) is 19.2 Å². The van der Waals surface area contributed by atoms with Crippen molar-refractivity contribution in [3.8, 4) is 0 Å². The molecule has 10 heteroatoms. The van der Waals surface area contributed by atoms with Gasteiger partial charge in [-0.1, -0.05) is 6.07 Å². The van der Waals surface area contributed by atoms with Crippen molar-refractivity contribution in [2.45, 2.75) is 18.9 Å². The van der Waals surface area contributed by atoms with Crippen LogP contribution in [-0.2, 0) is 28.6 Å². The van der Waals surface area contributed by atoms with Gasteiger partial charge in [0.2, 0.25) is 0 Å². The van der Waals surface area contributed by atoms with E-state index < -0.39 is 18.0 Å². The highest BCUT2D eigenvalue weighted by molar-refractivity contribution is 6.21. The Labute approximate surface area is 172 Å². The van der Waals surface area contributed by atoms with Gasteiger partial charge in [-0.15, -0.1) is 0 Å². The quantitative estimate of drug-likeness (QED) is 0.530. The van der Waals surface area contributed by atoms with Gasteiger partial charge in [-0.25, -0.2) is 19.3 Å². The van der Waals surface area contributed by atoms with Crippen molar-refractivity contribution >= 4 is 35.3 Å². The summed E-state index contributed by atoms with van der Waals surface area (Å²) < 4.78 is 15.1. The number of methoxy groups -OCH3 is 2. The highest BCUT2D eigenvalue weighted by Gasteiger charge is 2.48. The van der Waals surface area contributed by atoms with E-state index >= 15 is 0 Å². The van der Waals surface area contributed by atoms with Crippen molar-refractivity contribution in [3.63, 3.8) is 0 Å². The van der Waals surface area contributed by atoms with E-state index in [1.54, 1.807) is 29.2 Å². The van der Waals surface area contributed by atoms with Crippen LogP contribution in [0.25, 0.3) is 0 Å². The first-order chi connectivity index (χ1) is 14.5. The average Bonchev–Trinajstić information content (AvgIpc) is 3.35. The smallest absolute Gasteiger partial charge is 0.355 e. The van der Waals surface area contributed by atoms with Crippen LogP contribution in [0, 0.1) is 0 Å². The van der Waals surface area contributed by atoms with E-state index in [1.165, 1.54) is 19.1 Å². The summed E-state index contributed by atoms with van der Waals surface area (Å²) in [4.78, 5) is 54.3. The lowest BCUT2D eigenvalue weighted by Crippen LogP contribution is -2.39. The number of imide groups is 1. The Balaban J connectivity index is 1.73. The van der Waals surface area contributed by atoms with Crippen molar-refractivity contribution in [1.29, 1.82) is 0 Å². The lowest BCUT2D eigenvalue weighted by Gasteiger charge is -2.31. The van der Waals surface area contributed by atoms with E-state index in [2.05, 4.69) is 0 Å². The maximum atomic E-state index is 12.8. The highest BCUT2D eigenvalue weighted by Crippen LogP contribution is 2.34. The number of carbonyl (C=O) groups is 4. The highest BCUT2D eigenvalue weighted by atomic mass is 16.5. The number of urea groups is 1. The molecule has 2 saturated heterocycles. The normalized spacial score (nSPS) is 21.3. The molecule has 2 fully saturated rings. The zero-order chi connectivity index (χ0) is 21.4. The lowest BCUT2D eigenvalue weighted by atomic mass is 10.1. The minimum absolute atomic E-state index is 0.00700. The Morgan fingerprint density at radius 2 is 1.83 bits per heavy atom. The molecule has 4 rings (SSSR count). The molecule has 1 unspecified atom stereocenters. The monoisotopic (exact) mass is 415 g/mol. The summed E-state index contributed by atoms with van der Waals surface area (Å²) in [5, 5.41) is 0. The van der Waals surface area contributed by atoms with Crippen molar-refractivity contribution in [3.05, 3.63) is 35.5 Å². The molecular weight excluding hydrogens is 394 g/mol. The van der Waals surface area contributed by atoms with Crippen molar-refractivity contribution in [2.24, 2.45) is 0 Å². The number of amides is 3. The fraction of sp³-hybridized carbons (Fsp3) is 0.400. The zero-order valence-electron chi connectivity index (χ0n) is 16.6. The van der Waals surface area contributed by atoms with E-state index in [0.717, 1.165) is 11.3 Å². The lowest BCUT2D eigenvalue weighted by molar-refractivity contribution is -0.140. The molecule has 0 bridgehead atoms. The van der Waals surface area contributed by atoms with Crippen LogP contribution in [-0.4, -0.2) is 68.9 Å². The Kier molecular flexibility index (Phi) is 5.17. The van der Waals surface area contributed by atoms with Gasteiger partial charge in [-0.2, -0.15) is 0 Å². The fourth-order valence-electron chi connectivity index (χ4n) is 4.01. The van der Waals surface area contributed by atoms with Crippen molar-refractivity contribution < 1.29 is 33.4 Å². The predicted molar refractivity (Wildman–Crippen MR) is 103 cm³/mol. The van der Waals surface area contributed by atoms with Crippen LogP contribution >= 0.6 is 0 Å². The van der Waals surface area contributed by atoms with Gasteiger partial charge in [0.05, 0.1) is 32.1 Å². The van der Waals surface area contributed by atoms with E-state index in [0.29, 0.717) is 24.3 Å². The molecule has 0 N–H and O–H groups in total. The molecule has 3 aliphatic rings. The molecule has 1 aromatic carbocycles. The fourth-order valence-corrected chi connectivity index (χ4v) is 4.01. The molecular formula is C20H21N3O7. The molecule has 0 spiro atoms. The van der Waals surface area contributed by atoms with Crippen molar-refractivity contribution in [1.82, 2.24) is 4.90 Å². The molecule has 0 saturated carbocycles. The van der Waals surface area contributed by atoms with Crippen LogP contribution in [0.4, 0.5) is 16.2 Å². The number of hydrogen-bond donors (Lipinski definition) is 0. The first-order valence-electron chi connectivity index (χ1n) is 9.47. The van der Waals surface area contributed by atoms with Gasteiger partial charge >= 0.3 is 18.0 Å². The molecule has 0 aliphatic carbocycles. The second kappa shape index (κ2) is 7.79. The molecule has 1 atom stereocenters. The number of rotatable bonds is 4. The summed E-state index contributed by atoms with van der Waals surface area (Å²) in [7, 11) is 2.42. The third-order valence-electron chi connectivity index (χ3n) is 5.43. The number of benzene rings is 1. The maximum absolute atomic E-state index is 12.8. The number of esters is 2. The van der Waals surface area contributed by atoms with Crippen LogP contribution in [0.3, 0.4) is 0 Å². The first kappa shape index (κ1) is 19.9. The number of ether oxygens (including phenoxy) is 3. The molecule has 0 radical (unpaired) electrons. The zero-order valence-corrected chi connectivity index (χ0v) is 16.6. The summed E-state index contributed by atoms with van der Waals surface area (Å²) in [5.41, 5.74) is 0.857. The second-order valence-corrected chi connectivity index (χ2v) is 7.04. The SMILES string of the molecule is COC(=O)C1=C(C(=O)OC)N(c2cccc(N3C(=O)C4CCCN4C3=O)c2)COC1. The minimum atomic E-state index is -0.724. The van der Waals surface area contributed by atoms with Gasteiger partial charge in [0, 0.05) is 12.2 Å². The Morgan fingerprint density at radius 1 is 1.10 bits per heavy atom. The predicted octanol–water partition coefficient (Wildman–Crippen LogP) is 1.01. The van der Waals surface area contributed by atoms with Crippen LogP contribution in [0.15, 0.2) is 35.5 Å². The van der Waals surface area contributed by atoms with Gasteiger partial charge in [-0.3, -0.25) is 4.79 Å². The van der Waals surface area contributed by atoms with Crippen LogP contribution in [0.1, 0.15) is 12.8 Å². The Morgan fingerprint density at radius 3 is 2.53 bits per heavy atom. The van der Waals surface area contributed by atoms with Gasteiger partial charge in [-0.05, 0) is 31.0 Å². The standard InChI is InChI=1S/C20H21N3O7/c1-28-18(25)14-10-30-11-22(16(14)19(26)29-2)12-5-3-6-13(9-12)23-17(24)15-7-4-8-21(15)20(23)27/h3,5-6,9,15H,4,7-8,10-11H2,1-2H3. The minimum Gasteiger partial charge on any atom is -0.466 e. The molecule has 30 heavy (non-hydrogen) atoms. The number of nitrogens with zero attached hydrogens (tertiary/aromatic N) is 3. The van der Waals surface area contributed by atoms with E-state index in [-0.39, 0.29) is 36.5 Å².